The van der Waals surface area contributed by atoms with Crippen LogP contribution in [0.4, 0.5) is 5.82 Å². The molecule has 0 aromatic carbocycles. The van der Waals surface area contributed by atoms with Crippen molar-refractivity contribution in [2.24, 2.45) is 7.05 Å². The summed E-state index contributed by atoms with van der Waals surface area (Å²) in [6.45, 7) is 3.07. The molecule has 0 spiro atoms. The van der Waals surface area contributed by atoms with Gasteiger partial charge in [-0.3, -0.25) is 4.79 Å². The molecule has 0 radical (unpaired) electrons. The molecule has 0 atom stereocenters. The summed E-state index contributed by atoms with van der Waals surface area (Å²) >= 11 is 0. The van der Waals surface area contributed by atoms with Crippen molar-refractivity contribution < 1.29 is 4.79 Å². The third-order valence-electron chi connectivity index (χ3n) is 5.11. The van der Waals surface area contributed by atoms with Gasteiger partial charge in [0.2, 0.25) is 0 Å². The van der Waals surface area contributed by atoms with E-state index in [-0.39, 0.29) is 5.91 Å². The molecule has 2 aromatic heterocycles. The van der Waals surface area contributed by atoms with Gasteiger partial charge in [-0.25, -0.2) is 0 Å². The van der Waals surface area contributed by atoms with Crippen LogP contribution in [-0.4, -0.2) is 51.8 Å². The van der Waals surface area contributed by atoms with Crippen LogP contribution in [-0.2, 0) is 19.9 Å². The quantitative estimate of drug-likeness (QED) is 0.843. The summed E-state index contributed by atoms with van der Waals surface area (Å²) < 4.78 is 1.88. The first-order valence-corrected chi connectivity index (χ1v) is 8.73. The molecule has 24 heavy (non-hydrogen) atoms. The highest BCUT2D eigenvalue weighted by Crippen LogP contribution is 2.23. The maximum atomic E-state index is 12.6. The number of hydrogen-bond acceptors (Lipinski definition) is 4. The van der Waals surface area contributed by atoms with Crippen LogP contribution in [0.25, 0.3) is 0 Å². The van der Waals surface area contributed by atoms with Crippen molar-refractivity contribution >= 4 is 11.7 Å². The standard InChI is InChI=1S/C18H23N5O/c1-21-8-4-7-16(21)18(24)23-11-9-22(10-12-23)17-13-14-5-2-3-6-15(14)19-20-17/h4,7-8,13H,2-3,5-6,9-12H2,1H3. The van der Waals surface area contributed by atoms with Crippen molar-refractivity contribution in [3.63, 3.8) is 0 Å². The third kappa shape index (κ3) is 2.77. The minimum atomic E-state index is 0.110. The number of aromatic nitrogens is 3. The van der Waals surface area contributed by atoms with Gasteiger partial charge in [0, 0.05) is 39.4 Å². The SMILES string of the molecule is Cn1cccc1C(=O)N1CCN(c2cc3c(nn2)CCCC3)CC1. The normalized spacial score (nSPS) is 17.7. The number of carbonyl (C=O) groups excluding carboxylic acids is 1. The fourth-order valence-electron chi connectivity index (χ4n) is 3.62. The predicted molar refractivity (Wildman–Crippen MR) is 92.2 cm³/mol. The first-order valence-electron chi connectivity index (χ1n) is 8.73. The first kappa shape index (κ1) is 15.2. The van der Waals surface area contributed by atoms with E-state index in [0.717, 1.165) is 50.5 Å². The zero-order valence-electron chi connectivity index (χ0n) is 14.1. The summed E-state index contributed by atoms with van der Waals surface area (Å²) in [4.78, 5) is 16.7. The van der Waals surface area contributed by atoms with Crippen LogP contribution < -0.4 is 4.90 Å². The monoisotopic (exact) mass is 325 g/mol. The Morgan fingerprint density at radius 2 is 1.88 bits per heavy atom. The zero-order chi connectivity index (χ0) is 16.5. The van der Waals surface area contributed by atoms with Crippen molar-refractivity contribution in [1.82, 2.24) is 19.7 Å². The second kappa shape index (κ2) is 6.26. The molecule has 1 fully saturated rings. The molecule has 1 aliphatic heterocycles. The molecule has 1 saturated heterocycles. The van der Waals surface area contributed by atoms with E-state index in [1.807, 2.05) is 34.8 Å². The minimum absolute atomic E-state index is 0.110. The Bertz CT molecular complexity index is 746. The van der Waals surface area contributed by atoms with Crippen molar-refractivity contribution in [3.05, 3.63) is 41.3 Å². The lowest BCUT2D eigenvalue weighted by atomic mass is 9.97. The number of hydrogen-bond donors (Lipinski definition) is 0. The Labute approximate surface area is 142 Å². The predicted octanol–water partition coefficient (Wildman–Crippen LogP) is 1.66. The lowest BCUT2D eigenvalue weighted by Crippen LogP contribution is -2.49. The Morgan fingerprint density at radius 1 is 1.08 bits per heavy atom. The number of nitrogens with zero attached hydrogens (tertiary/aromatic N) is 5. The van der Waals surface area contributed by atoms with Gasteiger partial charge in [-0.1, -0.05) is 0 Å². The molecule has 2 aliphatic rings. The molecule has 0 unspecified atom stereocenters. The zero-order valence-corrected chi connectivity index (χ0v) is 14.1. The number of rotatable bonds is 2. The van der Waals surface area contributed by atoms with Gasteiger partial charge in [0.05, 0.1) is 5.69 Å². The van der Waals surface area contributed by atoms with Gasteiger partial charge in [-0.05, 0) is 49.4 Å². The van der Waals surface area contributed by atoms with E-state index in [1.54, 1.807) is 0 Å². The fourth-order valence-corrected chi connectivity index (χ4v) is 3.62. The number of piperazine rings is 1. The largest absolute Gasteiger partial charge is 0.352 e. The van der Waals surface area contributed by atoms with Crippen molar-refractivity contribution in [1.29, 1.82) is 0 Å². The molecular weight excluding hydrogens is 302 g/mol. The van der Waals surface area contributed by atoms with Gasteiger partial charge in [0.15, 0.2) is 5.82 Å². The molecule has 0 bridgehead atoms. The van der Waals surface area contributed by atoms with Gasteiger partial charge in [-0.15, -0.1) is 5.10 Å². The summed E-state index contributed by atoms with van der Waals surface area (Å²) in [5.74, 6) is 1.07. The van der Waals surface area contributed by atoms with E-state index < -0.39 is 0 Å². The van der Waals surface area contributed by atoms with Crippen LogP contribution in [0.5, 0.6) is 0 Å². The molecule has 3 heterocycles. The minimum Gasteiger partial charge on any atom is -0.352 e. The summed E-state index contributed by atoms with van der Waals surface area (Å²) in [6, 6.07) is 5.99. The summed E-state index contributed by atoms with van der Waals surface area (Å²) in [6.07, 6.45) is 6.55. The molecule has 126 valence electrons. The van der Waals surface area contributed by atoms with E-state index in [2.05, 4.69) is 21.2 Å². The summed E-state index contributed by atoms with van der Waals surface area (Å²) in [7, 11) is 1.91. The topological polar surface area (TPSA) is 54.3 Å². The van der Waals surface area contributed by atoms with Gasteiger partial charge < -0.3 is 14.4 Å². The Morgan fingerprint density at radius 3 is 2.62 bits per heavy atom. The second-order valence-corrected chi connectivity index (χ2v) is 6.67. The van der Waals surface area contributed by atoms with E-state index in [1.165, 1.54) is 24.1 Å². The van der Waals surface area contributed by atoms with E-state index in [9.17, 15) is 4.79 Å². The smallest absolute Gasteiger partial charge is 0.270 e. The Hall–Kier alpha value is -2.37. The van der Waals surface area contributed by atoms with Crippen LogP contribution in [0.3, 0.4) is 0 Å². The maximum Gasteiger partial charge on any atom is 0.270 e. The van der Waals surface area contributed by atoms with Gasteiger partial charge in [-0.2, -0.15) is 5.10 Å². The number of amides is 1. The molecule has 1 aliphatic carbocycles. The van der Waals surface area contributed by atoms with Crippen LogP contribution in [0, 0.1) is 0 Å². The fraction of sp³-hybridized carbons (Fsp3) is 0.500. The highest BCUT2D eigenvalue weighted by atomic mass is 16.2. The van der Waals surface area contributed by atoms with E-state index in [4.69, 9.17) is 0 Å². The van der Waals surface area contributed by atoms with E-state index in [0.29, 0.717) is 0 Å². The molecule has 4 rings (SSSR count). The number of fused-ring (bicyclic) bond motifs is 1. The molecular formula is C18H23N5O. The van der Waals surface area contributed by atoms with Crippen molar-refractivity contribution in [3.8, 4) is 0 Å². The highest BCUT2D eigenvalue weighted by molar-refractivity contribution is 5.92. The van der Waals surface area contributed by atoms with Crippen LogP contribution in [0.1, 0.15) is 34.6 Å². The molecule has 6 heteroatoms. The van der Waals surface area contributed by atoms with Crippen LogP contribution in [0.2, 0.25) is 0 Å². The summed E-state index contributed by atoms with van der Waals surface area (Å²) in [5, 5.41) is 8.84. The van der Waals surface area contributed by atoms with Crippen LogP contribution >= 0.6 is 0 Å². The molecule has 2 aromatic rings. The molecule has 0 N–H and O–H groups in total. The highest BCUT2D eigenvalue weighted by Gasteiger charge is 2.25. The molecule has 0 saturated carbocycles. The van der Waals surface area contributed by atoms with E-state index >= 15 is 0 Å². The van der Waals surface area contributed by atoms with Crippen LogP contribution in [0.15, 0.2) is 24.4 Å². The Kier molecular flexibility index (Phi) is 3.96. The Balaban J connectivity index is 1.43. The maximum absolute atomic E-state index is 12.6. The van der Waals surface area contributed by atoms with Crippen molar-refractivity contribution in [2.75, 3.05) is 31.1 Å². The third-order valence-corrected chi connectivity index (χ3v) is 5.11. The van der Waals surface area contributed by atoms with Gasteiger partial charge in [0.1, 0.15) is 5.69 Å². The molecule has 1 amide bonds. The average Bonchev–Trinajstić information content (AvgIpc) is 3.07. The first-order chi connectivity index (χ1) is 11.7. The lowest BCUT2D eigenvalue weighted by molar-refractivity contribution is 0.0737. The average molecular weight is 325 g/mol. The second-order valence-electron chi connectivity index (χ2n) is 6.67. The molecule has 6 nitrogen and oxygen atoms in total. The van der Waals surface area contributed by atoms with Crippen molar-refractivity contribution in [2.45, 2.75) is 25.7 Å². The number of aryl methyl sites for hydroxylation is 3. The lowest BCUT2D eigenvalue weighted by Gasteiger charge is -2.35. The van der Waals surface area contributed by atoms with Gasteiger partial charge in [0.25, 0.3) is 5.91 Å². The number of carbonyl (C=O) groups is 1. The summed E-state index contributed by atoms with van der Waals surface area (Å²) in [5.41, 5.74) is 3.27. The van der Waals surface area contributed by atoms with Gasteiger partial charge >= 0.3 is 0 Å². The number of anilines is 1.